The average Bonchev–Trinajstić information content (AvgIpc) is 2.58. The Morgan fingerprint density at radius 2 is 1.39 bits per heavy atom. The van der Waals surface area contributed by atoms with Crippen molar-refractivity contribution < 1.29 is 14.6 Å². The molecule has 0 atom stereocenters. The second-order valence-electron chi connectivity index (χ2n) is 6.36. The molecule has 0 spiro atoms. The van der Waals surface area contributed by atoms with Gasteiger partial charge >= 0.3 is 0 Å². The van der Waals surface area contributed by atoms with Crippen molar-refractivity contribution in [2.45, 2.75) is 76.9 Å². The van der Waals surface area contributed by atoms with E-state index in [2.05, 4.69) is 6.92 Å². The van der Waals surface area contributed by atoms with E-state index in [1.54, 1.807) is 26.4 Å². The minimum absolute atomic E-state index is 0.307. The summed E-state index contributed by atoms with van der Waals surface area (Å²) in [5.74, 6) is -0.178. The summed E-state index contributed by atoms with van der Waals surface area (Å²) in [7, 11) is 3.48. The number of phenols is 1. The highest BCUT2D eigenvalue weighted by atomic mass is 16.7. The van der Waals surface area contributed by atoms with Crippen molar-refractivity contribution in [3.63, 3.8) is 0 Å². The Hall–Kier alpha value is -1.06. The molecule has 0 amide bonds. The van der Waals surface area contributed by atoms with Crippen LogP contribution in [0.25, 0.3) is 0 Å². The van der Waals surface area contributed by atoms with Crippen LogP contribution in [0.4, 0.5) is 0 Å². The van der Waals surface area contributed by atoms with Crippen LogP contribution in [0.3, 0.4) is 0 Å². The standard InChI is InChI=1S/C20H34O3/c1-4-5-6-7-8-9-10-16-20(22-2,23-3)17-15-18-11-13-19(21)14-12-18/h11-14,21H,4-10,15-17H2,1-3H3. The molecule has 1 aromatic rings. The molecule has 3 heteroatoms. The van der Waals surface area contributed by atoms with Crippen molar-refractivity contribution in [3.05, 3.63) is 29.8 Å². The largest absolute Gasteiger partial charge is 0.508 e. The van der Waals surface area contributed by atoms with Crippen LogP contribution in [0, 0.1) is 0 Å². The van der Waals surface area contributed by atoms with Crippen LogP contribution in [0.5, 0.6) is 5.75 Å². The zero-order valence-electron chi connectivity index (χ0n) is 15.1. The zero-order chi connectivity index (χ0) is 17.0. The highest BCUT2D eigenvalue weighted by Crippen LogP contribution is 2.27. The molecule has 1 rings (SSSR count). The van der Waals surface area contributed by atoms with Crippen LogP contribution in [0.2, 0.25) is 0 Å². The van der Waals surface area contributed by atoms with E-state index in [0.717, 1.165) is 25.7 Å². The Bertz CT molecular complexity index is 396. The highest BCUT2D eigenvalue weighted by Gasteiger charge is 2.28. The van der Waals surface area contributed by atoms with Gasteiger partial charge in [0, 0.05) is 27.1 Å². The van der Waals surface area contributed by atoms with Gasteiger partial charge in [-0.3, -0.25) is 0 Å². The summed E-state index contributed by atoms with van der Waals surface area (Å²) in [4.78, 5) is 0. The topological polar surface area (TPSA) is 38.7 Å². The van der Waals surface area contributed by atoms with Gasteiger partial charge in [0.25, 0.3) is 0 Å². The van der Waals surface area contributed by atoms with Gasteiger partial charge in [-0.1, -0.05) is 57.6 Å². The first-order valence-corrected chi connectivity index (χ1v) is 9.04. The molecule has 1 N–H and O–H groups in total. The molecule has 0 aromatic heterocycles. The van der Waals surface area contributed by atoms with Crippen molar-refractivity contribution in [3.8, 4) is 5.75 Å². The second kappa shape index (κ2) is 11.5. The fourth-order valence-electron chi connectivity index (χ4n) is 2.97. The third kappa shape index (κ3) is 7.85. The first-order valence-electron chi connectivity index (χ1n) is 9.04. The smallest absolute Gasteiger partial charge is 0.167 e. The average molecular weight is 322 g/mol. The number of benzene rings is 1. The van der Waals surface area contributed by atoms with Gasteiger partial charge in [0.15, 0.2) is 5.79 Å². The van der Waals surface area contributed by atoms with Gasteiger partial charge in [0.05, 0.1) is 0 Å². The SMILES string of the molecule is CCCCCCCCCC(CCc1ccc(O)cc1)(OC)OC. The Morgan fingerprint density at radius 1 is 0.826 bits per heavy atom. The lowest BCUT2D eigenvalue weighted by molar-refractivity contribution is -0.215. The fourth-order valence-corrected chi connectivity index (χ4v) is 2.97. The summed E-state index contributed by atoms with van der Waals surface area (Å²) >= 11 is 0. The third-order valence-electron chi connectivity index (χ3n) is 4.64. The maximum absolute atomic E-state index is 9.35. The molecule has 0 radical (unpaired) electrons. The third-order valence-corrected chi connectivity index (χ3v) is 4.64. The van der Waals surface area contributed by atoms with Gasteiger partial charge in [-0.05, 0) is 30.5 Å². The van der Waals surface area contributed by atoms with E-state index < -0.39 is 5.79 Å². The van der Waals surface area contributed by atoms with Crippen molar-refractivity contribution in [2.24, 2.45) is 0 Å². The number of phenolic OH excluding ortho intramolecular Hbond substituents is 1. The molecule has 0 saturated heterocycles. The lowest BCUT2D eigenvalue weighted by Crippen LogP contribution is -2.34. The molecular formula is C20H34O3. The Kier molecular flexibility index (Phi) is 9.97. The van der Waals surface area contributed by atoms with Crippen LogP contribution < -0.4 is 0 Å². The van der Waals surface area contributed by atoms with Gasteiger partial charge in [-0.25, -0.2) is 0 Å². The summed E-state index contributed by atoms with van der Waals surface area (Å²) in [6.45, 7) is 2.25. The summed E-state index contributed by atoms with van der Waals surface area (Å²) in [6, 6.07) is 7.37. The van der Waals surface area contributed by atoms with E-state index in [-0.39, 0.29) is 0 Å². The van der Waals surface area contributed by atoms with E-state index >= 15 is 0 Å². The number of ether oxygens (including phenoxy) is 2. The van der Waals surface area contributed by atoms with Crippen molar-refractivity contribution in [1.82, 2.24) is 0 Å². The van der Waals surface area contributed by atoms with Crippen LogP contribution in [0.15, 0.2) is 24.3 Å². The number of unbranched alkanes of at least 4 members (excludes halogenated alkanes) is 6. The van der Waals surface area contributed by atoms with Gasteiger partial charge < -0.3 is 14.6 Å². The molecule has 0 saturated carbocycles. The molecule has 132 valence electrons. The molecule has 0 aliphatic carbocycles. The molecule has 0 aliphatic heterocycles. The highest BCUT2D eigenvalue weighted by molar-refractivity contribution is 5.25. The van der Waals surface area contributed by atoms with E-state index in [1.807, 2.05) is 12.1 Å². The van der Waals surface area contributed by atoms with Gasteiger partial charge in [0.2, 0.25) is 0 Å². The Balaban J connectivity index is 2.34. The number of rotatable bonds is 13. The number of hydrogen-bond donors (Lipinski definition) is 1. The number of aromatic hydroxyl groups is 1. The molecular weight excluding hydrogens is 288 g/mol. The Morgan fingerprint density at radius 3 is 1.96 bits per heavy atom. The van der Waals surface area contributed by atoms with Crippen LogP contribution in [-0.2, 0) is 15.9 Å². The van der Waals surface area contributed by atoms with E-state index in [9.17, 15) is 5.11 Å². The van der Waals surface area contributed by atoms with Crippen LogP contribution >= 0.6 is 0 Å². The lowest BCUT2D eigenvalue weighted by atomic mass is 9.98. The molecule has 0 bridgehead atoms. The molecule has 0 unspecified atom stereocenters. The van der Waals surface area contributed by atoms with Crippen LogP contribution in [-0.4, -0.2) is 25.1 Å². The molecule has 0 heterocycles. The van der Waals surface area contributed by atoms with Gasteiger partial charge in [0.1, 0.15) is 5.75 Å². The molecule has 23 heavy (non-hydrogen) atoms. The monoisotopic (exact) mass is 322 g/mol. The predicted octanol–water partition coefficient (Wildman–Crippen LogP) is 5.45. The quantitative estimate of drug-likeness (QED) is 0.387. The minimum atomic E-state index is -0.485. The number of hydrogen-bond acceptors (Lipinski definition) is 3. The van der Waals surface area contributed by atoms with Gasteiger partial charge in [-0.2, -0.15) is 0 Å². The summed E-state index contributed by atoms with van der Waals surface area (Å²) < 4.78 is 11.4. The maximum atomic E-state index is 9.35. The maximum Gasteiger partial charge on any atom is 0.167 e. The second-order valence-corrected chi connectivity index (χ2v) is 6.36. The van der Waals surface area contributed by atoms with E-state index in [1.165, 1.54) is 44.1 Å². The summed E-state index contributed by atoms with van der Waals surface area (Å²) in [6.07, 6.45) is 11.7. The van der Waals surface area contributed by atoms with Crippen molar-refractivity contribution >= 4 is 0 Å². The van der Waals surface area contributed by atoms with Gasteiger partial charge in [-0.15, -0.1) is 0 Å². The van der Waals surface area contributed by atoms with E-state index in [4.69, 9.17) is 9.47 Å². The minimum Gasteiger partial charge on any atom is -0.508 e. The lowest BCUT2D eigenvalue weighted by Gasteiger charge is -2.31. The zero-order valence-corrected chi connectivity index (χ0v) is 15.1. The molecule has 0 fully saturated rings. The number of aryl methyl sites for hydroxylation is 1. The predicted molar refractivity (Wildman–Crippen MR) is 95.8 cm³/mol. The first-order chi connectivity index (χ1) is 11.2. The molecule has 3 nitrogen and oxygen atoms in total. The normalized spacial score (nSPS) is 11.8. The van der Waals surface area contributed by atoms with Crippen molar-refractivity contribution in [1.29, 1.82) is 0 Å². The van der Waals surface area contributed by atoms with Crippen molar-refractivity contribution in [2.75, 3.05) is 14.2 Å². The Labute approximate surface area is 142 Å². The van der Waals surface area contributed by atoms with E-state index in [0.29, 0.717) is 5.75 Å². The molecule has 0 aliphatic rings. The summed E-state index contributed by atoms with van der Waals surface area (Å²) in [5.41, 5.74) is 1.20. The summed E-state index contributed by atoms with van der Waals surface area (Å²) in [5, 5.41) is 9.35. The fraction of sp³-hybridized carbons (Fsp3) is 0.700. The molecule has 1 aromatic carbocycles. The number of methoxy groups -OCH3 is 2. The van der Waals surface area contributed by atoms with Crippen LogP contribution in [0.1, 0.15) is 70.3 Å². The first kappa shape index (κ1) is 20.0.